The molecule has 1 rings (SSSR count). The van der Waals surface area contributed by atoms with Crippen LogP contribution in [0.15, 0.2) is 17.5 Å². The van der Waals surface area contributed by atoms with Crippen LogP contribution in [0.5, 0.6) is 0 Å². The van der Waals surface area contributed by atoms with Gasteiger partial charge in [0.1, 0.15) is 0 Å². The monoisotopic (exact) mass is 237 g/mol. The fourth-order valence-electron chi connectivity index (χ4n) is 1.27. The Balaban J connectivity index is 2.44. The summed E-state index contributed by atoms with van der Waals surface area (Å²) in [6.07, 6.45) is -4.13. The summed E-state index contributed by atoms with van der Waals surface area (Å²) in [6.45, 7) is 3.26. The molecule has 0 saturated heterocycles. The Kier molecular flexibility index (Phi) is 3.78. The van der Waals surface area contributed by atoms with Crippen molar-refractivity contribution < 1.29 is 13.2 Å². The molecule has 1 N–H and O–H groups in total. The largest absolute Gasteiger partial charge is 0.401 e. The molecule has 0 aliphatic carbocycles. The van der Waals surface area contributed by atoms with E-state index in [0.29, 0.717) is 6.54 Å². The van der Waals surface area contributed by atoms with Gasteiger partial charge in [-0.15, -0.1) is 11.3 Å². The molecule has 86 valence electrons. The number of rotatable bonds is 4. The fourth-order valence-corrected chi connectivity index (χ4v) is 2.12. The minimum atomic E-state index is -4.13. The molecule has 0 bridgehead atoms. The second kappa shape index (κ2) is 4.53. The van der Waals surface area contributed by atoms with Crippen molar-refractivity contribution in [1.29, 1.82) is 0 Å². The number of alkyl halides is 3. The van der Waals surface area contributed by atoms with Gasteiger partial charge in [0.25, 0.3) is 0 Å². The van der Waals surface area contributed by atoms with E-state index < -0.39 is 12.7 Å². The molecule has 0 saturated carbocycles. The summed E-state index contributed by atoms with van der Waals surface area (Å²) >= 11 is 1.57. The third-order valence-electron chi connectivity index (χ3n) is 2.08. The lowest BCUT2D eigenvalue weighted by Crippen LogP contribution is -2.37. The van der Waals surface area contributed by atoms with E-state index in [9.17, 15) is 13.2 Å². The van der Waals surface area contributed by atoms with E-state index in [-0.39, 0.29) is 5.41 Å². The molecule has 0 unspecified atom stereocenters. The van der Waals surface area contributed by atoms with Crippen LogP contribution in [0.2, 0.25) is 0 Å². The fraction of sp³-hybridized carbons (Fsp3) is 0.600. The Morgan fingerprint density at radius 3 is 2.40 bits per heavy atom. The highest BCUT2D eigenvalue weighted by Gasteiger charge is 2.28. The summed E-state index contributed by atoms with van der Waals surface area (Å²) in [7, 11) is 0. The van der Waals surface area contributed by atoms with Crippen LogP contribution >= 0.6 is 11.3 Å². The van der Waals surface area contributed by atoms with E-state index in [2.05, 4.69) is 5.32 Å². The molecule has 15 heavy (non-hydrogen) atoms. The zero-order chi connectivity index (χ0) is 11.5. The van der Waals surface area contributed by atoms with Crippen LogP contribution in [0.1, 0.15) is 18.7 Å². The van der Waals surface area contributed by atoms with Gasteiger partial charge in [-0.2, -0.15) is 13.2 Å². The molecule has 0 spiro atoms. The summed E-state index contributed by atoms with van der Waals surface area (Å²) < 4.78 is 35.7. The first-order valence-corrected chi connectivity index (χ1v) is 5.51. The van der Waals surface area contributed by atoms with Crippen LogP contribution in [-0.4, -0.2) is 19.3 Å². The predicted molar refractivity (Wildman–Crippen MR) is 56.3 cm³/mol. The maximum absolute atomic E-state index is 11.9. The molecule has 1 aromatic heterocycles. The summed E-state index contributed by atoms with van der Waals surface area (Å²) in [6, 6.07) is 3.85. The van der Waals surface area contributed by atoms with E-state index >= 15 is 0 Å². The Hall–Kier alpha value is -0.550. The second-order valence-corrected chi connectivity index (χ2v) is 5.03. The Bertz CT molecular complexity index is 290. The normalized spacial score (nSPS) is 13.1. The third kappa shape index (κ3) is 4.22. The Morgan fingerprint density at radius 1 is 1.27 bits per heavy atom. The molecule has 0 radical (unpaired) electrons. The first-order valence-electron chi connectivity index (χ1n) is 4.63. The van der Waals surface area contributed by atoms with Gasteiger partial charge in [-0.05, 0) is 11.4 Å². The van der Waals surface area contributed by atoms with Crippen LogP contribution < -0.4 is 5.32 Å². The number of halogens is 3. The van der Waals surface area contributed by atoms with Crippen LogP contribution in [0.25, 0.3) is 0 Å². The van der Waals surface area contributed by atoms with Crippen molar-refractivity contribution in [3.8, 4) is 0 Å². The lowest BCUT2D eigenvalue weighted by molar-refractivity contribution is -0.125. The summed E-state index contributed by atoms with van der Waals surface area (Å²) in [4.78, 5) is 1.09. The zero-order valence-electron chi connectivity index (χ0n) is 8.69. The lowest BCUT2D eigenvalue weighted by Gasteiger charge is -2.24. The van der Waals surface area contributed by atoms with Gasteiger partial charge < -0.3 is 5.32 Å². The molecule has 0 aliphatic rings. The van der Waals surface area contributed by atoms with Crippen molar-refractivity contribution >= 4 is 11.3 Å². The van der Waals surface area contributed by atoms with Gasteiger partial charge in [-0.1, -0.05) is 19.9 Å². The van der Waals surface area contributed by atoms with Crippen molar-refractivity contribution in [2.75, 3.05) is 13.1 Å². The van der Waals surface area contributed by atoms with Gasteiger partial charge in [0.15, 0.2) is 0 Å². The van der Waals surface area contributed by atoms with Gasteiger partial charge >= 0.3 is 6.18 Å². The van der Waals surface area contributed by atoms with E-state index in [1.165, 1.54) is 0 Å². The first kappa shape index (κ1) is 12.5. The van der Waals surface area contributed by atoms with Crippen LogP contribution in [0.4, 0.5) is 13.2 Å². The zero-order valence-corrected chi connectivity index (χ0v) is 9.50. The van der Waals surface area contributed by atoms with Crippen LogP contribution in [-0.2, 0) is 5.41 Å². The van der Waals surface area contributed by atoms with Crippen molar-refractivity contribution in [3.05, 3.63) is 22.4 Å². The van der Waals surface area contributed by atoms with Gasteiger partial charge in [-0.25, -0.2) is 0 Å². The molecule has 5 heteroatoms. The summed E-state index contributed by atoms with van der Waals surface area (Å²) in [5.74, 6) is 0. The number of nitrogens with one attached hydrogen (secondary N) is 1. The molecule has 0 atom stereocenters. The van der Waals surface area contributed by atoms with Crippen LogP contribution in [0, 0.1) is 0 Å². The molecule has 0 amide bonds. The van der Waals surface area contributed by atoms with Crippen LogP contribution in [0.3, 0.4) is 0 Å². The predicted octanol–water partition coefficient (Wildman–Crippen LogP) is 3.18. The second-order valence-electron chi connectivity index (χ2n) is 4.08. The average molecular weight is 237 g/mol. The summed E-state index contributed by atoms with van der Waals surface area (Å²) in [5.41, 5.74) is -0.251. The topological polar surface area (TPSA) is 12.0 Å². The smallest absolute Gasteiger partial charge is 0.308 e. The van der Waals surface area contributed by atoms with Gasteiger partial charge in [0.05, 0.1) is 6.54 Å². The number of hydrogen-bond donors (Lipinski definition) is 1. The van der Waals surface area contributed by atoms with E-state index in [0.717, 1.165) is 4.88 Å². The standard InChI is InChI=1S/C10H14F3NS/c1-9(2,8-4-3-5-15-8)6-14-7-10(11,12)13/h3-5,14H,6-7H2,1-2H3. The average Bonchev–Trinajstić information content (AvgIpc) is 2.52. The molecule has 1 heterocycles. The van der Waals surface area contributed by atoms with Gasteiger partial charge in [-0.3, -0.25) is 0 Å². The minimum absolute atomic E-state index is 0.251. The molecular formula is C10H14F3NS. The van der Waals surface area contributed by atoms with E-state index in [1.807, 2.05) is 31.4 Å². The SMILES string of the molecule is CC(C)(CNCC(F)(F)F)c1cccs1. The molecule has 0 fully saturated rings. The molecule has 0 aliphatic heterocycles. The molecular weight excluding hydrogens is 223 g/mol. The molecule has 0 aromatic carbocycles. The highest BCUT2D eigenvalue weighted by molar-refractivity contribution is 7.10. The summed E-state index contributed by atoms with van der Waals surface area (Å²) in [5, 5.41) is 4.37. The highest BCUT2D eigenvalue weighted by Crippen LogP contribution is 2.26. The maximum Gasteiger partial charge on any atom is 0.401 e. The Morgan fingerprint density at radius 2 is 1.93 bits per heavy atom. The maximum atomic E-state index is 11.9. The number of thiophene rings is 1. The van der Waals surface area contributed by atoms with Crippen molar-refractivity contribution in [3.63, 3.8) is 0 Å². The quantitative estimate of drug-likeness (QED) is 0.848. The van der Waals surface area contributed by atoms with Crippen molar-refractivity contribution in [1.82, 2.24) is 5.32 Å². The number of hydrogen-bond acceptors (Lipinski definition) is 2. The van der Waals surface area contributed by atoms with E-state index in [4.69, 9.17) is 0 Å². The highest BCUT2D eigenvalue weighted by atomic mass is 32.1. The van der Waals surface area contributed by atoms with Crippen molar-refractivity contribution in [2.45, 2.75) is 25.4 Å². The van der Waals surface area contributed by atoms with E-state index in [1.54, 1.807) is 11.3 Å². The first-order chi connectivity index (χ1) is 6.81. The minimum Gasteiger partial charge on any atom is -0.308 e. The van der Waals surface area contributed by atoms with Gasteiger partial charge in [0.2, 0.25) is 0 Å². The third-order valence-corrected chi connectivity index (χ3v) is 3.32. The van der Waals surface area contributed by atoms with Crippen molar-refractivity contribution in [2.24, 2.45) is 0 Å². The molecule has 1 aromatic rings. The Labute approximate surface area is 91.3 Å². The lowest BCUT2D eigenvalue weighted by atomic mass is 9.91. The molecule has 1 nitrogen and oxygen atoms in total. The van der Waals surface area contributed by atoms with Gasteiger partial charge in [0, 0.05) is 16.8 Å².